The van der Waals surface area contributed by atoms with Crippen LogP contribution in [0, 0.1) is 0 Å². The molecule has 0 rings (SSSR count). The van der Waals surface area contributed by atoms with Gasteiger partial charge in [-0.3, -0.25) is 13.6 Å². The summed E-state index contributed by atoms with van der Waals surface area (Å²) in [7, 11) is -4.02. The fraction of sp³-hybridized carbons (Fsp3) is 0.625. The summed E-state index contributed by atoms with van der Waals surface area (Å²) in [5.74, 6) is -1.61. The van der Waals surface area contributed by atoms with Gasteiger partial charge in [0, 0.05) is 36.0 Å². The van der Waals surface area contributed by atoms with Crippen molar-refractivity contribution >= 4 is 25.7 Å². The quantitative estimate of drug-likeness (QED) is 0.108. The number of esters is 3. The number of carbonyl (C=O) groups is 3. The predicted octanol–water partition coefficient (Wildman–Crippen LogP) is 4.84. The molecule has 0 aromatic heterocycles. The van der Waals surface area contributed by atoms with Gasteiger partial charge in [-0.2, -0.15) is 0 Å². The summed E-state index contributed by atoms with van der Waals surface area (Å²) >= 11 is 0. The van der Waals surface area contributed by atoms with Gasteiger partial charge in [0.1, 0.15) is 18.3 Å². The maximum absolute atomic E-state index is 13.1. The molecule has 35 heavy (non-hydrogen) atoms. The zero-order valence-corrected chi connectivity index (χ0v) is 22.5. The van der Waals surface area contributed by atoms with Gasteiger partial charge in [0.25, 0.3) is 0 Å². The van der Waals surface area contributed by atoms with E-state index in [1.807, 2.05) is 0 Å². The number of phosphoric ester groups is 1. The van der Waals surface area contributed by atoms with Crippen LogP contribution in [0.3, 0.4) is 0 Å². The first kappa shape index (κ1) is 32.7. The predicted molar refractivity (Wildman–Crippen MR) is 130 cm³/mol. The Hall–Kier alpha value is -2.26. The van der Waals surface area contributed by atoms with E-state index >= 15 is 0 Å². The van der Waals surface area contributed by atoms with Gasteiger partial charge in [-0.25, -0.2) is 18.9 Å². The van der Waals surface area contributed by atoms with E-state index in [4.69, 9.17) is 27.8 Å². The van der Waals surface area contributed by atoms with Crippen LogP contribution in [0.5, 0.6) is 0 Å². The maximum Gasteiger partial charge on any atom is 0.474 e. The van der Waals surface area contributed by atoms with Crippen molar-refractivity contribution in [3.05, 3.63) is 36.5 Å². The Bertz CT molecular complexity index is 715. The van der Waals surface area contributed by atoms with Crippen molar-refractivity contribution in [2.45, 2.75) is 79.1 Å². The van der Waals surface area contributed by atoms with Gasteiger partial charge in [0.05, 0.1) is 19.8 Å². The Kier molecular flexibility index (Phi) is 15.4. The topological polar surface area (TPSA) is 124 Å². The lowest BCUT2D eigenvalue weighted by Gasteiger charge is -2.21. The average molecular weight is 519 g/mol. The number of ether oxygens (including phenoxy) is 3. The molecule has 3 unspecified atom stereocenters. The number of carbonyl (C=O) groups excluding carboxylic acids is 3. The van der Waals surface area contributed by atoms with Crippen LogP contribution in [0.1, 0.15) is 60.8 Å². The van der Waals surface area contributed by atoms with E-state index in [1.165, 1.54) is 20.8 Å². The van der Waals surface area contributed by atoms with Gasteiger partial charge in [-0.05, 0) is 41.5 Å². The monoisotopic (exact) mass is 518 g/mol. The molecule has 200 valence electrons. The average Bonchev–Trinajstić information content (AvgIpc) is 2.73. The van der Waals surface area contributed by atoms with Crippen LogP contribution in [0.25, 0.3) is 0 Å². The van der Waals surface area contributed by atoms with E-state index in [0.717, 1.165) is 0 Å². The third kappa shape index (κ3) is 15.4. The van der Waals surface area contributed by atoms with Crippen LogP contribution < -0.4 is 0 Å². The lowest BCUT2D eigenvalue weighted by molar-refractivity contribution is -0.144. The molecule has 0 aliphatic carbocycles. The minimum atomic E-state index is -4.02. The molecule has 0 N–H and O–H groups in total. The molecule has 0 saturated carbocycles. The molecule has 0 saturated heterocycles. The minimum Gasteiger partial charge on any atom is -0.459 e. The number of phosphoric acid groups is 1. The van der Waals surface area contributed by atoms with Gasteiger partial charge >= 0.3 is 25.7 Å². The van der Waals surface area contributed by atoms with Gasteiger partial charge in [0.15, 0.2) is 0 Å². The molecule has 0 aliphatic rings. The van der Waals surface area contributed by atoms with Crippen molar-refractivity contribution in [3.8, 4) is 0 Å². The van der Waals surface area contributed by atoms with Crippen LogP contribution in [-0.2, 0) is 46.7 Å². The zero-order valence-electron chi connectivity index (χ0n) is 21.6. The fourth-order valence-corrected chi connectivity index (χ4v) is 3.34. The Morgan fingerprint density at radius 3 is 1.03 bits per heavy atom. The summed E-state index contributed by atoms with van der Waals surface area (Å²) in [6.07, 6.45) is -0.860. The highest BCUT2D eigenvalue weighted by molar-refractivity contribution is 7.48. The fourth-order valence-electron chi connectivity index (χ4n) is 2.13. The summed E-state index contributed by atoms with van der Waals surface area (Å²) in [4.78, 5) is 34.8. The molecular weight excluding hydrogens is 479 g/mol. The molecule has 10 nitrogen and oxygen atoms in total. The van der Waals surface area contributed by atoms with Crippen LogP contribution in [0.15, 0.2) is 36.5 Å². The van der Waals surface area contributed by atoms with Crippen molar-refractivity contribution in [3.63, 3.8) is 0 Å². The normalized spacial score (nSPS) is 15.1. The molecule has 0 bridgehead atoms. The first-order valence-electron chi connectivity index (χ1n) is 11.3. The molecule has 0 amide bonds. The second-order valence-electron chi connectivity index (χ2n) is 8.30. The molecule has 0 aromatic carbocycles. The van der Waals surface area contributed by atoms with Crippen molar-refractivity contribution < 1.29 is 46.7 Å². The van der Waals surface area contributed by atoms with Crippen molar-refractivity contribution in [1.29, 1.82) is 0 Å². The smallest absolute Gasteiger partial charge is 0.459 e. The molecule has 0 spiro atoms. The van der Waals surface area contributed by atoms with Crippen LogP contribution in [0.2, 0.25) is 0 Å². The molecule has 0 heterocycles. The first-order chi connectivity index (χ1) is 16.2. The highest BCUT2D eigenvalue weighted by Gasteiger charge is 2.28. The molecule has 0 aromatic rings. The van der Waals surface area contributed by atoms with Crippen molar-refractivity contribution in [2.75, 3.05) is 19.8 Å². The molecule has 3 atom stereocenters. The van der Waals surface area contributed by atoms with Crippen molar-refractivity contribution in [2.24, 2.45) is 0 Å². The zero-order chi connectivity index (χ0) is 27.2. The summed E-state index contributed by atoms with van der Waals surface area (Å²) in [5, 5.41) is 0. The van der Waals surface area contributed by atoms with E-state index in [0.29, 0.717) is 0 Å². The highest BCUT2D eigenvalue weighted by atomic mass is 31.2. The summed E-state index contributed by atoms with van der Waals surface area (Å²) in [6, 6.07) is 0. The van der Waals surface area contributed by atoms with Gasteiger partial charge in [-0.15, -0.1) is 0 Å². The van der Waals surface area contributed by atoms with Crippen LogP contribution >= 0.6 is 7.82 Å². The van der Waals surface area contributed by atoms with Gasteiger partial charge in [0.2, 0.25) is 0 Å². The lowest BCUT2D eigenvalue weighted by atomic mass is 10.3. The van der Waals surface area contributed by atoms with E-state index in [1.54, 1.807) is 20.8 Å². The highest BCUT2D eigenvalue weighted by Crippen LogP contribution is 2.50. The third-order valence-corrected chi connectivity index (χ3v) is 5.79. The summed E-state index contributed by atoms with van der Waals surface area (Å²) < 4.78 is 44.8. The van der Waals surface area contributed by atoms with Gasteiger partial charge in [-0.1, -0.05) is 19.7 Å². The Morgan fingerprint density at radius 2 is 0.829 bits per heavy atom. The van der Waals surface area contributed by atoms with E-state index < -0.39 is 44.0 Å². The minimum absolute atomic E-state index is 0.0810. The second kappa shape index (κ2) is 16.4. The Balaban J connectivity index is 4.88. The lowest BCUT2D eigenvalue weighted by Crippen LogP contribution is -2.19. The molecule has 0 radical (unpaired) electrons. The van der Waals surface area contributed by atoms with E-state index in [9.17, 15) is 18.9 Å². The first-order valence-corrected chi connectivity index (χ1v) is 12.8. The number of hydrogen-bond donors (Lipinski definition) is 0. The van der Waals surface area contributed by atoms with Crippen LogP contribution in [-0.4, -0.2) is 56.0 Å². The number of hydrogen-bond acceptors (Lipinski definition) is 10. The maximum atomic E-state index is 13.1. The molecular formula is C24H39O10P. The Morgan fingerprint density at radius 1 is 0.600 bits per heavy atom. The summed E-state index contributed by atoms with van der Waals surface area (Å²) in [5.41, 5.74) is 0.786. The largest absolute Gasteiger partial charge is 0.474 e. The van der Waals surface area contributed by atoms with Crippen molar-refractivity contribution in [1.82, 2.24) is 0 Å². The third-order valence-electron chi connectivity index (χ3n) is 4.29. The standard InChI is InChI=1S/C24H39O10P/c1-16(2)22(25)32-19(7)10-13-29-35(28,30-14-11-20(8)33-23(26)17(3)4)31-15-12-21(9)34-24(27)18(5)6/h19-21H,1,3,5,10-15H2,2,4,6-9H3. The van der Waals surface area contributed by atoms with E-state index in [2.05, 4.69) is 19.7 Å². The molecule has 0 aliphatic heterocycles. The SMILES string of the molecule is C=C(C)C(=O)OC(C)CCOP(=O)(OCCC(C)OC(=O)C(=C)C)OCCC(C)OC(=O)C(=C)C. The summed E-state index contributed by atoms with van der Waals surface area (Å²) in [6.45, 7) is 19.9. The van der Waals surface area contributed by atoms with Gasteiger partial charge < -0.3 is 14.2 Å². The molecule has 11 heteroatoms. The second-order valence-corrected chi connectivity index (χ2v) is 9.97. The van der Waals surface area contributed by atoms with E-state index in [-0.39, 0.29) is 55.8 Å². The number of rotatable bonds is 18. The molecule has 0 fully saturated rings. The van der Waals surface area contributed by atoms with Crippen LogP contribution in [0.4, 0.5) is 0 Å². The Labute approximate surface area is 208 Å².